The molecule has 0 bridgehead atoms. The van der Waals surface area contributed by atoms with Crippen LogP contribution in [0, 0.1) is 0 Å². The fourth-order valence-electron chi connectivity index (χ4n) is 5.81. The Bertz CT molecular complexity index is 704. The standard InChI is InChI=1S/C40H72O6.Na.H/c1-3-5-7-9-11-13-15-17-19-21-23-25-27-29-31-33-37(41)45-39(43)35-36-40(44)46-38(42)34-32-30-28-26-24-22-20-18-16-14-12-10-8-6-4-2;;/h35-36H,3-34H2,1-2H3;;/b36-35+;;. The van der Waals surface area contributed by atoms with Crippen LogP contribution in [0.4, 0.5) is 0 Å². The van der Waals surface area contributed by atoms with Gasteiger partial charge in [0.2, 0.25) is 0 Å². The summed E-state index contributed by atoms with van der Waals surface area (Å²) in [4.78, 5) is 47.4. The summed E-state index contributed by atoms with van der Waals surface area (Å²) in [7, 11) is 0. The van der Waals surface area contributed by atoms with E-state index in [-0.39, 0.29) is 42.4 Å². The second kappa shape index (κ2) is 39.5. The summed E-state index contributed by atoms with van der Waals surface area (Å²) in [5, 5.41) is 0. The van der Waals surface area contributed by atoms with Crippen LogP contribution in [0.2, 0.25) is 0 Å². The summed E-state index contributed by atoms with van der Waals surface area (Å²) in [5.41, 5.74) is 0. The van der Waals surface area contributed by atoms with Gasteiger partial charge in [-0.25, -0.2) is 9.59 Å². The van der Waals surface area contributed by atoms with Crippen molar-refractivity contribution in [1.82, 2.24) is 0 Å². The van der Waals surface area contributed by atoms with E-state index in [0.717, 1.165) is 37.8 Å². The van der Waals surface area contributed by atoms with Crippen LogP contribution in [-0.2, 0) is 28.7 Å². The molecule has 270 valence electrons. The van der Waals surface area contributed by atoms with Gasteiger partial charge in [0.1, 0.15) is 0 Å². The Morgan fingerprint density at radius 2 is 0.532 bits per heavy atom. The van der Waals surface area contributed by atoms with Gasteiger partial charge in [-0.15, -0.1) is 0 Å². The van der Waals surface area contributed by atoms with Crippen LogP contribution in [-0.4, -0.2) is 53.4 Å². The molecule has 0 saturated carbocycles. The predicted octanol–water partition coefficient (Wildman–Crippen LogP) is 11.6. The Morgan fingerprint density at radius 3 is 0.745 bits per heavy atom. The van der Waals surface area contributed by atoms with Gasteiger partial charge in [-0.3, -0.25) is 9.59 Å². The summed E-state index contributed by atoms with van der Waals surface area (Å²) in [6, 6.07) is 0. The van der Waals surface area contributed by atoms with E-state index >= 15 is 0 Å². The molecule has 0 rings (SSSR count). The number of rotatable bonds is 34. The SMILES string of the molecule is CCCCCCCCCCCCCCCCCC(=O)OC(=O)/C=C/C(=O)OC(=O)CCCCCCCCCCCCCCCCC.[NaH]. The van der Waals surface area contributed by atoms with Gasteiger partial charge in [-0.05, 0) is 12.8 Å². The molecule has 0 heterocycles. The minimum absolute atomic E-state index is 0. The van der Waals surface area contributed by atoms with Crippen molar-refractivity contribution >= 4 is 53.4 Å². The zero-order chi connectivity index (χ0) is 33.8. The normalized spacial score (nSPS) is 11.0. The Kier molecular flexibility index (Phi) is 40.4. The quantitative estimate of drug-likeness (QED) is 0.0222. The maximum absolute atomic E-state index is 11.9. The van der Waals surface area contributed by atoms with Crippen molar-refractivity contribution in [2.45, 2.75) is 219 Å². The molecule has 0 aromatic rings. The van der Waals surface area contributed by atoms with Crippen LogP contribution in [0.3, 0.4) is 0 Å². The Labute approximate surface area is 312 Å². The first-order chi connectivity index (χ1) is 22.5. The van der Waals surface area contributed by atoms with Gasteiger partial charge in [0, 0.05) is 25.0 Å². The van der Waals surface area contributed by atoms with E-state index in [1.54, 1.807) is 0 Å². The predicted molar refractivity (Wildman–Crippen MR) is 198 cm³/mol. The number of hydrogen-bond acceptors (Lipinski definition) is 6. The van der Waals surface area contributed by atoms with E-state index in [9.17, 15) is 19.2 Å². The first-order valence-corrected chi connectivity index (χ1v) is 19.7. The molecule has 0 aliphatic heterocycles. The van der Waals surface area contributed by atoms with E-state index in [1.165, 1.54) is 154 Å². The molecule has 47 heavy (non-hydrogen) atoms. The zero-order valence-corrected chi connectivity index (χ0v) is 30.2. The Balaban J connectivity index is 0. The number of unbranched alkanes of at least 4 members (excludes halogenated alkanes) is 28. The van der Waals surface area contributed by atoms with E-state index in [1.807, 2.05) is 0 Å². The van der Waals surface area contributed by atoms with Crippen LogP contribution in [0.25, 0.3) is 0 Å². The summed E-state index contributed by atoms with van der Waals surface area (Å²) in [5.74, 6) is -3.03. The summed E-state index contributed by atoms with van der Waals surface area (Å²) >= 11 is 0. The number of carbonyl (C=O) groups excluding carboxylic acids is 4. The molecular weight excluding hydrogens is 599 g/mol. The molecule has 0 atom stereocenters. The summed E-state index contributed by atoms with van der Waals surface area (Å²) < 4.78 is 9.46. The third kappa shape index (κ3) is 39.3. The van der Waals surface area contributed by atoms with Gasteiger partial charge >= 0.3 is 53.4 Å². The van der Waals surface area contributed by atoms with E-state index in [4.69, 9.17) is 9.47 Å². The van der Waals surface area contributed by atoms with Crippen molar-refractivity contribution in [2.75, 3.05) is 0 Å². The van der Waals surface area contributed by atoms with Crippen LogP contribution >= 0.6 is 0 Å². The average molecular weight is 673 g/mol. The molecule has 7 heteroatoms. The molecule has 0 saturated heterocycles. The maximum atomic E-state index is 11.9. The molecule has 0 aromatic carbocycles. The number of hydrogen-bond donors (Lipinski definition) is 0. The average Bonchev–Trinajstić information content (AvgIpc) is 3.03. The van der Waals surface area contributed by atoms with Crippen LogP contribution in [0.1, 0.15) is 219 Å². The summed E-state index contributed by atoms with van der Waals surface area (Å²) in [6.45, 7) is 4.51. The molecular formula is C40H73NaO6. The van der Waals surface area contributed by atoms with E-state index in [2.05, 4.69) is 13.8 Å². The van der Waals surface area contributed by atoms with Crippen molar-refractivity contribution < 1.29 is 28.7 Å². The molecule has 0 fully saturated rings. The molecule has 0 aliphatic carbocycles. The van der Waals surface area contributed by atoms with E-state index < -0.39 is 23.9 Å². The van der Waals surface area contributed by atoms with Crippen LogP contribution < -0.4 is 0 Å². The van der Waals surface area contributed by atoms with Gasteiger partial charge in [-0.2, -0.15) is 0 Å². The molecule has 6 nitrogen and oxygen atoms in total. The molecule has 0 spiro atoms. The molecule has 0 N–H and O–H groups in total. The fourth-order valence-corrected chi connectivity index (χ4v) is 5.81. The van der Waals surface area contributed by atoms with Gasteiger partial charge in [0.15, 0.2) is 0 Å². The Hall–Kier alpha value is -0.980. The molecule has 0 unspecified atom stereocenters. The number of carbonyl (C=O) groups is 4. The first kappa shape index (κ1) is 48.1. The number of ether oxygens (including phenoxy) is 2. The Morgan fingerprint density at radius 1 is 0.340 bits per heavy atom. The second-order valence-electron chi connectivity index (χ2n) is 13.3. The molecule has 0 aromatic heterocycles. The van der Waals surface area contributed by atoms with Gasteiger partial charge in [0.05, 0.1) is 0 Å². The third-order valence-corrected chi connectivity index (χ3v) is 8.75. The number of esters is 4. The summed E-state index contributed by atoms with van der Waals surface area (Å²) in [6.07, 6.45) is 39.3. The molecule has 0 amide bonds. The van der Waals surface area contributed by atoms with Crippen LogP contribution in [0.5, 0.6) is 0 Å². The van der Waals surface area contributed by atoms with Crippen molar-refractivity contribution in [3.8, 4) is 0 Å². The second-order valence-corrected chi connectivity index (χ2v) is 13.3. The van der Waals surface area contributed by atoms with Crippen LogP contribution in [0.15, 0.2) is 12.2 Å². The monoisotopic (exact) mass is 673 g/mol. The van der Waals surface area contributed by atoms with Gasteiger partial charge in [-0.1, -0.05) is 194 Å². The van der Waals surface area contributed by atoms with Crippen molar-refractivity contribution in [2.24, 2.45) is 0 Å². The molecule has 0 aliphatic rings. The third-order valence-electron chi connectivity index (χ3n) is 8.75. The fraction of sp³-hybridized carbons (Fsp3) is 0.850. The van der Waals surface area contributed by atoms with Crippen molar-refractivity contribution in [3.05, 3.63) is 12.2 Å². The topological polar surface area (TPSA) is 86.7 Å². The molecule has 0 radical (unpaired) electrons. The van der Waals surface area contributed by atoms with Gasteiger partial charge in [0.25, 0.3) is 0 Å². The first-order valence-electron chi connectivity index (χ1n) is 19.7. The van der Waals surface area contributed by atoms with Crippen molar-refractivity contribution in [1.29, 1.82) is 0 Å². The van der Waals surface area contributed by atoms with Gasteiger partial charge < -0.3 is 9.47 Å². The van der Waals surface area contributed by atoms with E-state index in [0.29, 0.717) is 12.8 Å². The van der Waals surface area contributed by atoms with Crippen molar-refractivity contribution in [3.63, 3.8) is 0 Å². The zero-order valence-electron chi connectivity index (χ0n) is 30.2. The minimum atomic E-state index is -0.919.